The lowest BCUT2D eigenvalue weighted by Gasteiger charge is -2.02. The fourth-order valence-corrected chi connectivity index (χ4v) is 3.19. The maximum absolute atomic E-state index is 12.9. The zero-order valence-corrected chi connectivity index (χ0v) is 15.4. The van der Waals surface area contributed by atoms with Crippen LogP contribution in [0.3, 0.4) is 0 Å². The van der Waals surface area contributed by atoms with Gasteiger partial charge in [-0.2, -0.15) is 0 Å². The molecule has 0 unspecified atom stereocenters. The van der Waals surface area contributed by atoms with E-state index in [9.17, 15) is 9.18 Å². The van der Waals surface area contributed by atoms with Crippen LogP contribution in [0.25, 0.3) is 11.1 Å². The van der Waals surface area contributed by atoms with Gasteiger partial charge in [-0.25, -0.2) is 4.39 Å². The van der Waals surface area contributed by atoms with Crippen molar-refractivity contribution in [2.45, 2.75) is 13.5 Å². The first-order chi connectivity index (χ1) is 12.5. The van der Waals surface area contributed by atoms with Gasteiger partial charge in [-0.3, -0.25) is 4.79 Å². The smallest absolute Gasteiger partial charge is 0.282 e. The summed E-state index contributed by atoms with van der Waals surface area (Å²) in [5.74, 6) is -0.665. The van der Waals surface area contributed by atoms with Crippen molar-refractivity contribution >= 4 is 40.0 Å². The molecule has 4 nitrogen and oxygen atoms in total. The highest BCUT2D eigenvalue weighted by atomic mass is 35.5. The van der Waals surface area contributed by atoms with Crippen molar-refractivity contribution in [2.75, 3.05) is 0 Å². The van der Waals surface area contributed by atoms with E-state index in [2.05, 4.69) is 15.5 Å². The second kappa shape index (κ2) is 8.21. The van der Waals surface area contributed by atoms with Gasteiger partial charge in [0.15, 0.2) is 5.01 Å². The average Bonchev–Trinajstić information content (AvgIpc) is 3.11. The highest BCUT2D eigenvalue weighted by Crippen LogP contribution is 2.25. The van der Waals surface area contributed by atoms with E-state index >= 15 is 0 Å². The zero-order chi connectivity index (χ0) is 18.5. The summed E-state index contributed by atoms with van der Waals surface area (Å²) in [5.41, 5.74) is 2.87. The summed E-state index contributed by atoms with van der Waals surface area (Å²) >= 11 is 7.42. The SMILES string of the molecule is Cc1cccc(/C=C(\Cl)c2nnc(C(=O)NCc3ccc(F)cc3)s2)c1. The fraction of sp³-hybridized carbons (Fsp3) is 0.105. The van der Waals surface area contributed by atoms with Gasteiger partial charge in [-0.15, -0.1) is 10.2 Å². The largest absolute Gasteiger partial charge is 0.346 e. The molecule has 1 aromatic heterocycles. The number of hydrogen-bond acceptors (Lipinski definition) is 4. The van der Waals surface area contributed by atoms with Crippen molar-refractivity contribution in [3.05, 3.63) is 81.1 Å². The van der Waals surface area contributed by atoms with Gasteiger partial charge in [0.05, 0.1) is 5.03 Å². The molecule has 132 valence electrons. The minimum absolute atomic E-state index is 0.220. The first-order valence-electron chi connectivity index (χ1n) is 7.81. The minimum Gasteiger partial charge on any atom is -0.346 e. The van der Waals surface area contributed by atoms with Crippen LogP contribution in [-0.4, -0.2) is 16.1 Å². The van der Waals surface area contributed by atoms with Crippen LogP contribution in [-0.2, 0) is 6.54 Å². The predicted octanol–water partition coefficient (Wildman–Crippen LogP) is 4.65. The number of halogens is 2. The normalized spacial score (nSPS) is 11.4. The summed E-state index contributed by atoms with van der Waals surface area (Å²) < 4.78 is 12.9. The summed E-state index contributed by atoms with van der Waals surface area (Å²) in [5, 5.41) is 11.7. The van der Waals surface area contributed by atoms with Crippen LogP contribution in [0.4, 0.5) is 4.39 Å². The van der Waals surface area contributed by atoms with Crippen LogP contribution in [0.2, 0.25) is 0 Å². The second-order valence-electron chi connectivity index (χ2n) is 5.63. The number of nitrogens with one attached hydrogen (secondary N) is 1. The maximum atomic E-state index is 12.9. The molecule has 3 rings (SSSR count). The minimum atomic E-state index is -0.349. The number of hydrogen-bond donors (Lipinski definition) is 1. The molecule has 26 heavy (non-hydrogen) atoms. The van der Waals surface area contributed by atoms with E-state index in [1.807, 2.05) is 31.2 Å². The van der Waals surface area contributed by atoms with E-state index in [-0.39, 0.29) is 23.3 Å². The highest BCUT2D eigenvalue weighted by Gasteiger charge is 2.14. The summed E-state index contributed by atoms with van der Waals surface area (Å²) in [7, 11) is 0. The Hall–Kier alpha value is -2.57. The molecule has 1 heterocycles. The van der Waals surface area contributed by atoms with E-state index in [4.69, 9.17) is 11.6 Å². The molecular weight excluding hydrogens is 373 g/mol. The van der Waals surface area contributed by atoms with E-state index in [0.717, 1.165) is 28.0 Å². The Balaban J connectivity index is 1.66. The third-order valence-corrected chi connectivity index (χ3v) is 4.88. The molecule has 0 radical (unpaired) electrons. The predicted molar refractivity (Wildman–Crippen MR) is 102 cm³/mol. The van der Waals surface area contributed by atoms with E-state index in [1.54, 1.807) is 18.2 Å². The summed E-state index contributed by atoms with van der Waals surface area (Å²) in [6.45, 7) is 2.28. The molecule has 0 spiro atoms. The molecule has 0 aliphatic carbocycles. The van der Waals surface area contributed by atoms with Crippen LogP contribution in [0.5, 0.6) is 0 Å². The van der Waals surface area contributed by atoms with Crippen molar-refractivity contribution < 1.29 is 9.18 Å². The summed E-state index contributed by atoms with van der Waals surface area (Å²) in [4.78, 5) is 12.2. The van der Waals surface area contributed by atoms with Gasteiger partial charge in [0.25, 0.3) is 5.91 Å². The van der Waals surface area contributed by atoms with Crippen molar-refractivity contribution in [3.63, 3.8) is 0 Å². The lowest BCUT2D eigenvalue weighted by molar-refractivity contribution is 0.0950. The van der Waals surface area contributed by atoms with Crippen molar-refractivity contribution in [3.8, 4) is 0 Å². The number of amides is 1. The third-order valence-electron chi connectivity index (χ3n) is 3.53. The van der Waals surface area contributed by atoms with Gasteiger partial charge in [0.2, 0.25) is 5.01 Å². The quantitative estimate of drug-likeness (QED) is 0.693. The molecule has 1 N–H and O–H groups in total. The first kappa shape index (κ1) is 18.2. The van der Waals surface area contributed by atoms with Crippen molar-refractivity contribution in [1.82, 2.24) is 15.5 Å². The zero-order valence-electron chi connectivity index (χ0n) is 13.9. The molecule has 0 saturated carbocycles. The first-order valence-corrected chi connectivity index (χ1v) is 9.01. The van der Waals surface area contributed by atoms with Crippen LogP contribution in [0.15, 0.2) is 48.5 Å². The second-order valence-corrected chi connectivity index (χ2v) is 7.01. The number of rotatable bonds is 5. The van der Waals surface area contributed by atoms with Gasteiger partial charge >= 0.3 is 0 Å². The van der Waals surface area contributed by atoms with Crippen molar-refractivity contribution in [1.29, 1.82) is 0 Å². The molecule has 0 aliphatic heterocycles. The number of aromatic nitrogens is 2. The number of carbonyl (C=O) groups excluding carboxylic acids is 1. The van der Waals surface area contributed by atoms with Crippen LogP contribution in [0.1, 0.15) is 31.5 Å². The van der Waals surface area contributed by atoms with Crippen LogP contribution in [0, 0.1) is 12.7 Å². The number of nitrogens with zero attached hydrogens (tertiary/aromatic N) is 2. The van der Waals surface area contributed by atoms with Gasteiger partial charge in [0, 0.05) is 6.54 Å². The number of aryl methyl sites for hydroxylation is 1. The molecule has 3 aromatic rings. The highest BCUT2D eigenvalue weighted by molar-refractivity contribution is 7.15. The van der Waals surface area contributed by atoms with Gasteiger partial charge in [-0.1, -0.05) is 64.9 Å². The Morgan fingerprint density at radius 2 is 1.92 bits per heavy atom. The lowest BCUT2D eigenvalue weighted by Crippen LogP contribution is -2.22. The monoisotopic (exact) mass is 387 g/mol. The number of carbonyl (C=O) groups is 1. The van der Waals surface area contributed by atoms with E-state index < -0.39 is 0 Å². The van der Waals surface area contributed by atoms with Crippen LogP contribution < -0.4 is 5.32 Å². The molecule has 0 aliphatic rings. The molecule has 2 aromatic carbocycles. The maximum Gasteiger partial charge on any atom is 0.282 e. The molecule has 0 bridgehead atoms. The Labute approximate surface area is 159 Å². The van der Waals surface area contributed by atoms with Gasteiger partial charge in [-0.05, 0) is 36.3 Å². The summed E-state index contributed by atoms with van der Waals surface area (Å²) in [6.07, 6.45) is 1.79. The molecule has 7 heteroatoms. The molecule has 0 saturated heterocycles. The average molecular weight is 388 g/mol. The molecule has 0 atom stereocenters. The Morgan fingerprint density at radius 1 is 1.19 bits per heavy atom. The topological polar surface area (TPSA) is 54.9 Å². The molecular formula is C19H15ClFN3OS. The van der Waals surface area contributed by atoms with Crippen molar-refractivity contribution in [2.24, 2.45) is 0 Å². The standard InChI is InChI=1S/C19H15ClFN3OS/c1-12-3-2-4-14(9-12)10-16(20)18-23-24-19(26-18)17(25)22-11-13-5-7-15(21)8-6-13/h2-10H,11H2,1H3,(H,22,25)/b16-10-. The van der Waals surface area contributed by atoms with E-state index in [0.29, 0.717) is 10.0 Å². The van der Waals surface area contributed by atoms with Gasteiger partial charge < -0.3 is 5.32 Å². The lowest BCUT2D eigenvalue weighted by atomic mass is 10.1. The molecule has 0 fully saturated rings. The van der Waals surface area contributed by atoms with Crippen LogP contribution >= 0.6 is 22.9 Å². The molecule has 1 amide bonds. The summed E-state index contributed by atoms with van der Waals surface area (Å²) in [6, 6.07) is 13.8. The Kier molecular flexibility index (Phi) is 5.75. The van der Waals surface area contributed by atoms with E-state index in [1.165, 1.54) is 12.1 Å². The fourth-order valence-electron chi connectivity index (χ4n) is 2.24. The van der Waals surface area contributed by atoms with Gasteiger partial charge in [0.1, 0.15) is 5.82 Å². The Bertz CT molecular complexity index is 953. The Morgan fingerprint density at radius 3 is 2.65 bits per heavy atom. The third kappa shape index (κ3) is 4.74. The number of benzene rings is 2.